The topological polar surface area (TPSA) is 23.1 Å². The van der Waals surface area contributed by atoms with E-state index in [1.165, 1.54) is 0 Å². The number of allylic oxidation sites excluding steroid dienone is 1. The largest absolute Gasteiger partial charge is 1.00 e. The summed E-state index contributed by atoms with van der Waals surface area (Å²) in [6.07, 6.45) is 3.17. The quantitative estimate of drug-likeness (QED) is 0.370. The van der Waals surface area contributed by atoms with Gasteiger partial charge in [-0.3, -0.25) is 0 Å². The summed E-state index contributed by atoms with van der Waals surface area (Å²) >= 11 is 0. The zero-order chi connectivity index (χ0) is 7.11. The van der Waals surface area contributed by atoms with Crippen LogP contribution in [0.2, 0.25) is 0 Å². The minimum absolute atomic E-state index is 0. The van der Waals surface area contributed by atoms with E-state index in [-0.39, 0.29) is 58.2 Å². The predicted molar refractivity (Wildman–Crippen MR) is 36.7 cm³/mol. The Balaban J connectivity index is 0. The first-order valence-electron chi connectivity index (χ1n) is 2.99. The third-order valence-corrected chi connectivity index (χ3v) is 0.887. The van der Waals surface area contributed by atoms with Crippen molar-refractivity contribution in [2.75, 3.05) is 0 Å². The van der Waals surface area contributed by atoms with Gasteiger partial charge in [-0.05, 0) is 20.3 Å². The van der Waals surface area contributed by atoms with Crippen molar-refractivity contribution in [3.8, 4) is 11.8 Å². The van der Waals surface area contributed by atoms with E-state index in [4.69, 9.17) is 0 Å². The van der Waals surface area contributed by atoms with Gasteiger partial charge in [-0.25, -0.2) is 0 Å². The van der Waals surface area contributed by atoms with Gasteiger partial charge >= 0.3 is 58.2 Å². The molecule has 1 atom stereocenters. The van der Waals surface area contributed by atoms with Crippen LogP contribution in [0.1, 0.15) is 20.3 Å². The Morgan fingerprint density at radius 1 is 1.60 bits per heavy atom. The summed E-state index contributed by atoms with van der Waals surface area (Å²) in [6.45, 7) is 3.58. The average Bonchev–Trinajstić information content (AvgIpc) is 1.85. The zero-order valence-electron chi connectivity index (χ0n) is 6.85. The van der Waals surface area contributed by atoms with Crippen molar-refractivity contribution in [1.29, 1.82) is 0 Å². The molecule has 0 bridgehead atoms. The Kier molecular flexibility index (Phi) is 13.7. The summed E-state index contributed by atoms with van der Waals surface area (Å²) in [6, 6.07) is 0. The first-order chi connectivity index (χ1) is 4.31. The number of rotatable bonds is 2. The Labute approximate surface area is 112 Å². The fourth-order valence-corrected chi connectivity index (χ4v) is 0.485. The standard InChI is InChI=1S/C8H11O.Rb/c1-3-5-7-8(9)6-4-2;/h4,6,8H,7H2,1-2H3;/q-1;+1/b6-4+;/t8-;/m0./s1. The monoisotopic (exact) mass is 208 g/mol. The van der Waals surface area contributed by atoms with E-state index in [2.05, 4.69) is 11.8 Å². The number of hydrogen-bond donors (Lipinski definition) is 0. The van der Waals surface area contributed by atoms with Crippen LogP contribution in [0.4, 0.5) is 0 Å². The second kappa shape index (κ2) is 10.1. The van der Waals surface area contributed by atoms with Gasteiger partial charge in [-0.15, -0.1) is 17.9 Å². The molecule has 0 rings (SSSR count). The van der Waals surface area contributed by atoms with E-state index in [9.17, 15) is 5.11 Å². The Morgan fingerprint density at radius 3 is 2.60 bits per heavy atom. The van der Waals surface area contributed by atoms with Gasteiger partial charge in [0.2, 0.25) is 0 Å². The first kappa shape index (κ1) is 13.6. The van der Waals surface area contributed by atoms with Crippen LogP contribution in [-0.4, -0.2) is 6.10 Å². The maximum atomic E-state index is 10.7. The maximum Gasteiger partial charge on any atom is 1.00 e. The van der Waals surface area contributed by atoms with Gasteiger partial charge in [0.15, 0.2) is 0 Å². The molecule has 10 heavy (non-hydrogen) atoms. The molecule has 0 aromatic heterocycles. The number of hydrogen-bond acceptors (Lipinski definition) is 1. The second-order valence-corrected chi connectivity index (χ2v) is 1.70. The molecule has 0 saturated carbocycles. The fourth-order valence-electron chi connectivity index (χ4n) is 0.485. The van der Waals surface area contributed by atoms with E-state index < -0.39 is 6.10 Å². The molecule has 0 saturated heterocycles. The normalized spacial score (nSPS) is 11.5. The molecule has 2 heteroatoms. The molecule has 0 spiro atoms. The summed E-state index contributed by atoms with van der Waals surface area (Å²) in [4.78, 5) is 0. The van der Waals surface area contributed by atoms with Gasteiger partial charge in [-0.1, -0.05) is 12.2 Å². The SMILES string of the molecule is CC#CC[C@@H]([O-])/C=C/C.[Rb+]. The molecule has 0 aromatic carbocycles. The minimum atomic E-state index is -0.637. The molecular weight excluding hydrogens is 198 g/mol. The van der Waals surface area contributed by atoms with Gasteiger partial charge in [0.25, 0.3) is 0 Å². The summed E-state index contributed by atoms with van der Waals surface area (Å²) in [5.41, 5.74) is 0. The Bertz CT molecular complexity index is 141. The van der Waals surface area contributed by atoms with Crippen molar-refractivity contribution < 1.29 is 63.3 Å². The molecule has 0 aliphatic rings. The van der Waals surface area contributed by atoms with Crippen molar-refractivity contribution in [2.45, 2.75) is 26.4 Å². The third kappa shape index (κ3) is 9.07. The van der Waals surface area contributed by atoms with Gasteiger partial charge in [-0.2, -0.15) is 0 Å². The maximum absolute atomic E-state index is 10.7. The van der Waals surface area contributed by atoms with Crippen molar-refractivity contribution in [3.63, 3.8) is 0 Å². The van der Waals surface area contributed by atoms with E-state index in [0.717, 1.165) is 0 Å². The van der Waals surface area contributed by atoms with Gasteiger partial charge in [0, 0.05) is 0 Å². The molecule has 50 valence electrons. The Hall–Kier alpha value is 1.07. The average molecular weight is 209 g/mol. The molecule has 0 amide bonds. The summed E-state index contributed by atoms with van der Waals surface area (Å²) in [7, 11) is 0. The van der Waals surface area contributed by atoms with Gasteiger partial charge in [0.05, 0.1) is 0 Å². The molecule has 0 unspecified atom stereocenters. The van der Waals surface area contributed by atoms with Crippen LogP contribution in [0.5, 0.6) is 0 Å². The van der Waals surface area contributed by atoms with Gasteiger partial charge < -0.3 is 5.11 Å². The van der Waals surface area contributed by atoms with Gasteiger partial charge in [0.1, 0.15) is 0 Å². The van der Waals surface area contributed by atoms with Crippen LogP contribution in [0.25, 0.3) is 0 Å². The fraction of sp³-hybridized carbons (Fsp3) is 0.500. The first-order valence-corrected chi connectivity index (χ1v) is 2.99. The zero-order valence-corrected chi connectivity index (χ0v) is 11.8. The van der Waals surface area contributed by atoms with Crippen LogP contribution < -0.4 is 63.3 Å². The van der Waals surface area contributed by atoms with Crippen molar-refractivity contribution >= 4 is 0 Å². The molecule has 0 fully saturated rings. The molecule has 0 N–H and O–H groups in total. The van der Waals surface area contributed by atoms with Crippen LogP contribution in [0, 0.1) is 11.8 Å². The molecule has 0 aliphatic carbocycles. The van der Waals surface area contributed by atoms with Crippen LogP contribution >= 0.6 is 0 Å². The van der Waals surface area contributed by atoms with Crippen molar-refractivity contribution in [2.24, 2.45) is 0 Å². The minimum Gasteiger partial charge on any atom is -0.848 e. The van der Waals surface area contributed by atoms with E-state index in [1.807, 2.05) is 6.92 Å². The molecule has 0 heterocycles. The van der Waals surface area contributed by atoms with Crippen molar-refractivity contribution in [3.05, 3.63) is 12.2 Å². The molecule has 1 nitrogen and oxygen atoms in total. The molecule has 0 radical (unpaired) electrons. The third-order valence-electron chi connectivity index (χ3n) is 0.887. The van der Waals surface area contributed by atoms with E-state index >= 15 is 0 Å². The van der Waals surface area contributed by atoms with E-state index in [0.29, 0.717) is 6.42 Å². The summed E-state index contributed by atoms with van der Waals surface area (Å²) in [5, 5.41) is 10.7. The van der Waals surface area contributed by atoms with E-state index in [1.54, 1.807) is 19.1 Å². The van der Waals surface area contributed by atoms with Crippen LogP contribution in [-0.2, 0) is 0 Å². The van der Waals surface area contributed by atoms with Crippen molar-refractivity contribution in [1.82, 2.24) is 0 Å². The molecular formula is C8H11ORb. The smallest absolute Gasteiger partial charge is 0.848 e. The second-order valence-electron chi connectivity index (χ2n) is 1.70. The molecule has 0 aromatic rings. The summed E-state index contributed by atoms with van der Waals surface area (Å²) in [5.74, 6) is 5.39. The Morgan fingerprint density at radius 2 is 2.20 bits per heavy atom. The van der Waals surface area contributed by atoms with Crippen LogP contribution in [0.3, 0.4) is 0 Å². The molecule has 0 aliphatic heterocycles. The predicted octanol–water partition coefficient (Wildman–Crippen LogP) is -2.29. The van der Waals surface area contributed by atoms with Crippen LogP contribution in [0.15, 0.2) is 12.2 Å². The summed E-state index contributed by atoms with van der Waals surface area (Å²) < 4.78 is 0.